The summed E-state index contributed by atoms with van der Waals surface area (Å²) in [4.78, 5) is 0. The average Bonchev–Trinajstić information content (AvgIpc) is 2.38. The van der Waals surface area contributed by atoms with Crippen molar-refractivity contribution in [2.45, 2.75) is 38.9 Å². The van der Waals surface area contributed by atoms with Gasteiger partial charge >= 0.3 is 0 Å². The molecule has 3 nitrogen and oxygen atoms in total. The Morgan fingerprint density at radius 2 is 2.06 bits per heavy atom. The molecular formula is C14H21FO3. The third kappa shape index (κ3) is 3.43. The third-order valence-electron chi connectivity index (χ3n) is 2.84. The molecule has 0 saturated carbocycles. The zero-order chi connectivity index (χ0) is 13.5. The summed E-state index contributed by atoms with van der Waals surface area (Å²) in [6.45, 7) is 4.35. The van der Waals surface area contributed by atoms with Crippen molar-refractivity contribution in [3.8, 4) is 5.75 Å². The highest BCUT2D eigenvalue weighted by Gasteiger charge is 2.24. The lowest BCUT2D eigenvalue weighted by molar-refractivity contribution is -0.0399. The molecule has 0 fully saturated rings. The monoisotopic (exact) mass is 256 g/mol. The SMILES string of the molecule is CCCC(OCC)C(O)c1cccc(OC)c1F. The zero-order valence-electron chi connectivity index (χ0n) is 11.1. The summed E-state index contributed by atoms with van der Waals surface area (Å²) in [7, 11) is 1.40. The predicted molar refractivity (Wildman–Crippen MR) is 68.2 cm³/mol. The number of aliphatic hydroxyl groups is 1. The Kier molecular flexibility index (Phi) is 6.09. The predicted octanol–water partition coefficient (Wildman–Crippen LogP) is 3.07. The Bertz CT molecular complexity index is 362. The van der Waals surface area contributed by atoms with Gasteiger partial charge in [-0.25, -0.2) is 4.39 Å². The summed E-state index contributed by atoms with van der Waals surface area (Å²) < 4.78 is 24.4. The fraction of sp³-hybridized carbons (Fsp3) is 0.571. The van der Waals surface area contributed by atoms with Crippen LogP contribution in [0.15, 0.2) is 18.2 Å². The van der Waals surface area contributed by atoms with Crippen LogP contribution in [0, 0.1) is 5.82 Å². The molecule has 18 heavy (non-hydrogen) atoms. The van der Waals surface area contributed by atoms with Crippen LogP contribution in [0.25, 0.3) is 0 Å². The Morgan fingerprint density at radius 1 is 1.33 bits per heavy atom. The van der Waals surface area contributed by atoms with Gasteiger partial charge in [0.2, 0.25) is 0 Å². The van der Waals surface area contributed by atoms with E-state index in [-0.39, 0.29) is 17.4 Å². The quantitative estimate of drug-likeness (QED) is 0.814. The van der Waals surface area contributed by atoms with Gasteiger partial charge in [-0.05, 0) is 19.4 Å². The smallest absolute Gasteiger partial charge is 0.170 e. The van der Waals surface area contributed by atoms with Crippen molar-refractivity contribution in [2.75, 3.05) is 13.7 Å². The lowest BCUT2D eigenvalue weighted by Crippen LogP contribution is -2.23. The van der Waals surface area contributed by atoms with Crippen LogP contribution in [0.3, 0.4) is 0 Å². The molecule has 4 heteroatoms. The molecule has 0 radical (unpaired) electrons. The normalized spacial score (nSPS) is 14.3. The van der Waals surface area contributed by atoms with Gasteiger partial charge < -0.3 is 14.6 Å². The second-order valence-corrected chi connectivity index (χ2v) is 4.09. The van der Waals surface area contributed by atoms with E-state index in [1.54, 1.807) is 12.1 Å². The van der Waals surface area contributed by atoms with Gasteiger partial charge in [-0.3, -0.25) is 0 Å². The maximum atomic E-state index is 14.0. The van der Waals surface area contributed by atoms with Crippen molar-refractivity contribution >= 4 is 0 Å². The molecular weight excluding hydrogens is 235 g/mol. The van der Waals surface area contributed by atoms with E-state index < -0.39 is 11.9 Å². The Labute approximate surface area is 108 Å². The number of benzene rings is 1. The first-order chi connectivity index (χ1) is 8.65. The number of methoxy groups -OCH3 is 1. The summed E-state index contributed by atoms with van der Waals surface area (Å²) in [5, 5.41) is 10.2. The molecule has 0 amide bonds. The molecule has 0 spiro atoms. The number of aliphatic hydroxyl groups excluding tert-OH is 1. The second kappa shape index (κ2) is 7.34. The molecule has 0 saturated heterocycles. The van der Waals surface area contributed by atoms with Crippen LogP contribution in [0.4, 0.5) is 4.39 Å². The Hall–Kier alpha value is -1.13. The van der Waals surface area contributed by atoms with Gasteiger partial charge in [0, 0.05) is 12.2 Å². The van der Waals surface area contributed by atoms with Gasteiger partial charge in [-0.2, -0.15) is 0 Å². The van der Waals surface area contributed by atoms with E-state index in [4.69, 9.17) is 9.47 Å². The molecule has 0 heterocycles. The van der Waals surface area contributed by atoms with Gasteiger partial charge in [0.25, 0.3) is 0 Å². The third-order valence-corrected chi connectivity index (χ3v) is 2.84. The van der Waals surface area contributed by atoms with Crippen molar-refractivity contribution in [3.63, 3.8) is 0 Å². The maximum Gasteiger partial charge on any atom is 0.170 e. The highest BCUT2D eigenvalue weighted by Crippen LogP contribution is 2.29. The standard InChI is InChI=1S/C14H21FO3/c1-4-7-12(18-5-2)14(16)10-8-6-9-11(17-3)13(10)15/h6,8-9,12,14,16H,4-5,7H2,1-3H3. The fourth-order valence-corrected chi connectivity index (χ4v) is 1.95. The number of hydrogen-bond donors (Lipinski definition) is 1. The lowest BCUT2D eigenvalue weighted by Gasteiger charge is -2.23. The van der Waals surface area contributed by atoms with E-state index >= 15 is 0 Å². The van der Waals surface area contributed by atoms with Crippen LogP contribution in [0.1, 0.15) is 38.4 Å². The molecule has 0 bridgehead atoms. The second-order valence-electron chi connectivity index (χ2n) is 4.09. The summed E-state index contributed by atoms with van der Waals surface area (Å²) >= 11 is 0. The van der Waals surface area contributed by atoms with Crippen molar-refractivity contribution < 1.29 is 19.0 Å². The van der Waals surface area contributed by atoms with E-state index in [2.05, 4.69) is 0 Å². The van der Waals surface area contributed by atoms with Gasteiger partial charge in [0.05, 0.1) is 13.2 Å². The summed E-state index contributed by atoms with van der Waals surface area (Å²) in [6, 6.07) is 4.75. The van der Waals surface area contributed by atoms with E-state index in [9.17, 15) is 9.50 Å². The first-order valence-corrected chi connectivity index (χ1v) is 6.27. The minimum atomic E-state index is -0.972. The van der Waals surface area contributed by atoms with E-state index in [1.807, 2.05) is 13.8 Å². The molecule has 1 aromatic rings. The minimum Gasteiger partial charge on any atom is -0.494 e. The minimum absolute atomic E-state index is 0.137. The largest absolute Gasteiger partial charge is 0.494 e. The fourth-order valence-electron chi connectivity index (χ4n) is 1.95. The average molecular weight is 256 g/mol. The van der Waals surface area contributed by atoms with Gasteiger partial charge in [-0.1, -0.05) is 25.5 Å². The Morgan fingerprint density at radius 3 is 2.61 bits per heavy atom. The van der Waals surface area contributed by atoms with Crippen LogP contribution in [-0.2, 0) is 4.74 Å². The first-order valence-electron chi connectivity index (χ1n) is 6.27. The molecule has 2 atom stereocenters. The first kappa shape index (κ1) is 14.9. The van der Waals surface area contributed by atoms with E-state index in [0.717, 1.165) is 6.42 Å². The van der Waals surface area contributed by atoms with Crippen LogP contribution < -0.4 is 4.74 Å². The molecule has 102 valence electrons. The molecule has 1 rings (SSSR count). The molecule has 0 aliphatic heterocycles. The summed E-state index contributed by atoms with van der Waals surface area (Å²) in [6.07, 6.45) is 0.195. The molecule has 0 aliphatic carbocycles. The van der Waals surface area contributed by atoms with Crippen LogP contribution in [-0.4, -0.2) is 24.9 Å². The highest BCUT2D eigenvalue weighted by molar-refractivity contribution is 5.32. The zero-order valence-corrected chi connectivity index (χ0v) is 11.1. The van der Waals surface area contributed by atoms with Crippen LogP contribution in [0.5, 0.6) is 5.75 Å². The van der Waals surface area contributed by atoms with Crippen molar-refractivity contribution in [2.24, 2.45) is 0 Å². The van der Waals surface area contributed by atoms with E-state index in [1.165, 1.54) is 13.2 Å². The molecule has 1 aromatic carbocycles. The van der Waals surface area contributed by atoms with Crippen molar-refractivity contribution in [1.29, 1.82) is 0 Å². The number of hydrogen-bond acceptors (Lipinski definition) is 3. The van der Waals surface area contributed by atoms with Crippen LogP contribution in [0.2, 0.25) is 0 Å². The van der Waals surface area contributed by atoms with E-state index in [0.29, 0.717) is 13.0 Å². The molecule has 2 unspecified atom stereocenters. The topological polar surface area (TPSA) is 38.7 Å². The van der Waals surface area contributed by atoms with Crippen LogP contribution >= 0.6 is 0 Å². The Balaban J connectivity index is 2.96. The molecule has 1 N–H and O–H groups in total. The lowest BCUT2D eigenvalue weighted by atomic mass is 10.00. The number of halogens is 1. The summed E-state index contributed by atoms with van der Waals surface area (Å²) in [5.74, 6) is -0.383. The number of rotatable bonds is 7. The molecule has 0 aromatic heterocycles. The van der Waals surface area contributed by atoms with Gasteiger partial charge in [0.15, 0.2) is 11.6 Å². The van der Waals surface area contributed by atoms with Crippen molar-refractivity contribution in [3.05, 3.63) is 29.6 Å². The maximum absolute atomic E-state index is 14.0. The van der Waals surface area contributed by atoms with Crippen molar-refractivity contribution in [1.82, 2.24) is 0 Å². The van der Waals surface area contributed by atoms with Gasteiger partial charge in [0.1, 0.15) is 6.10 Å². The number of ether oxygens (including phenoxy) is 2. The highest BCUT2D eigenvalue weighted by atomic mass is 19.1. The van der Waals surface area contributed by atoms with Gasteiger partial charge in [-0.15, -0.1) is 0 Å². The summed E-state index contributed by atoms with van der Waals surface area (Å²) in [5.41, 5.74) is 0.223. The molecule has 0 aliphatic rings.